The second-order valence-electron chi connectivity index (χ2n) is 8.68. The Bertz CT molecular complexity index is 966. The van der Waals surface area contributed by atoms with Gasteiger partial charge >= 0.3 is 0 Å². The van der Waals surface area contributed by atoms with Gasteiger partial charge in [-0.05, 0) is 49.6 Å². The second-order valence-corrected chi connectivity index (χ2v) is 8.68. The van der Waals surface area contributed by atoms with E-state index in [2.05, 4.69) is 0 Å². The van der Waals surface area contributed by atoms with Crippen LogP contribution < -0.4 is 9.47 Å². The predicted octanol–water partition coefficient (Wildman–Crippen LogP) is 3.51. The van der Waals surface area contributed by atoms with E-state index in [0.717, 1.165) is 37.0 Å². The molecular formula is C25H32N2O6. The van der Waals surface area contributed by atoms with Crippen molar-refractivity contribution in [1.82, 2.24) is 9.80 Å². The van der Waals surface area contributed by atoms with Crippen molar-refractivity contribution in [1.29, 1.82) is 0 Å². The number of carbonyl (C=O) groups is 2. The van der Waals surface area contributed by atoms with Gasteiger partial charge in [0.15, 0.2) is 11.5 Å². The lowest BCUT2D eigenvalue weighted by molar-refractivity contribution is -0.144. The van der Waals surface area contributed by atoms with E-state index >= 15 is 0 Å². The van der Waals surface area contributed by atoms with E-state index in [1.165, 1.54) is 0 Å². The lowest BCUT2D eigenvalue weighted by Gasteiger charge is -2.29. The quantitative estimate of drug-likeness (QED) is 0.544. The number of hydrogen-bond acceptors (Lipinski definition) is 6. The number of carbonyl (C=O) groups excluding carboxylic acids is 2. The Morgan fingerprint density at radius 3 is 2.55 bits per heavy atom. The van der Waals surface area contributed by atoms with E-state index in [-0.39, 0.29) is 31.1 Å². The van der Waals surface area contributed by atoms with Crippen LogP contribution in [0.15, 0.2) is 34.7 Å². The minimum atomic E-state index is -0.135. The Labute approximate surface area is 194 Å². The number of hydrogen-bond donors (Lipinski definition) is 0. The Hall–Kier alpha value is -3.00. The van der Waals surface area contributed by atoms with Crippen molar-refractivity contribution in [3.8, 4) is 11.5 Å². The van der Waals surface area contributed by atoms with Crippen LogP contribution in [-0.2, 0) is 27.4 Å². The normalized spacial score (nSPS) is 15.1. The van der Waals surface area contributed by atoms with Gasteiger partial charge in [-0.2, -0.15) is 0 Å². The van der Waals surface area contributed by atoms with Gasteiger partial charge in [-0.3, -0.25) is 9.59 Å². The number of amides is 2. The van der Waals surface area contributed by atoms with Crippen LogP contribution in [0.5, 0.6) is 11.5 Å². The molecule has 0 atom stereocenters. The third-order valence-electron chi connectivity index (χ3n) is 6.21. The molecule has 1 fully saturated rings. The van der Waals surface area contributed by atoms with Crippen LogP contribution >= 0.6 is 0 Å². The maximum absolute atomic E-state index is 13.5. The molecule has 0 N–H and O–H groups in total. The standard InChI is InChI=1S/C25H32N2O6/c1-18-7-9-21(33-18)15-27(14-19-8-10-22-23(13-19)32-17-31-22)24(28)16-26(11-12-30-2)25(29)20-5-3-4-6-20/h7-10,13,20H,3-6,11-12,14-17H2,1-2H3. The van der Waals surface area contributed by atoms with E-state index in [1.807, 2.05) is 37.3 Å². The zero-order valence-corrected chi connectivity index (χ0v) is 19.4. The monoisotopic (exact) mass is 456 g/mol. The molecule has 2 aromatic rings. The topological polar surface area (TPSA) is 81.5 Å². The summed E-state index contributed by atoms with van der Waals surface area (Å²) in [6.07, 6.45) is 3.92. The van der Waals surface area contributed by atoms with Gasteiger partial charge in [-0.25, -0.2) is 0 Å². The molecular weight excluding hydrogens is 424 g/mol. The molecule has 1 aromatic carbocycles. The van der Waals surface area contributed by atoms with Crippen molar-refractivity contribution in [2.24, 2.45) is 5.92 Å². The van der Waals surface area contributed by atoms with Gasteiger partial charge in [0.25, 0.3) is 0 Å². The van der Waals surface area contributed by atoms with Crippen LogP contribution in [0.1, 0.15) is 42.8 Å². The molecule has 0 bridgehead atoms. The Kier molecular flexibility index (Phi) is 7.54. The summed E-state index contributed by atoms with van der Waals surface area (Å²) in [6, 6.07) is 9.43. The molecule has 0 saturated heterocycles. The highest BCUT2D eigenvalue weighted by Gasteiger charge is 2.30. The summed E-state index contributed by atoms with van der Waals surface area (Å²) < 4.78 is 21.8. The van der Waals surface area contributed by atoms with Crippen LogP contribution in [-0.4, -0.2) is 55.2 Å². The minimum Gasteiger partial charge on any atom is -0.464 e. The number of furan rings is 1. The number of rotatable bonds is 10. The largest absolute Gasteiger partial charge is 0.464 e. The molecule has 0 radical (unpaired) electrons. The van der Waals surface area contributed by atoms with Crippen molar-refractivity contribution in [2.45, 2.75) is 45.7 Å². The molecule has 8 heteroatoms. The molecule has 8 nitrogen and oxygen atoms in total. The first-order valence-electron chi connectivity index (χ1n) is 11.5. The maximum atomic E-state index is 13.5. The highest BCUT2D eigenvalue weighted by molar-refractivity contribution is 5.86. The minimum absolute atomic E-state index is 0.00434. The Balaban J connectivity index is 1.50. The van der Waals surface area contributed by atoms with Gasteiger partial charge in [0.1, 0.15) is 11.5 Å². The number of fused-ring (bicyclic) bond motifs is 1. The van der Waals surface area contributed by atoms with Gasteiger partial charge < -0.3 is 28.4 Å². The molecule has 0 unspecified atom stereocenters. The highest BCUT2D eigenvalue weighted by Crippen LogP contribution is 2.33. The molecule has 178 valence electrons. The second kappa shape index (κ2) is 10.7. The summed E-state index contributed by atoms with van der Waals surface area (Å²) in [5, 5.41) is 0. The average molecular weight is 457 g/mol. The molecule has 0 spiro atoms. The van der Waals surface area contributed by atoms with Crippen LogP contribution in [0.25, 0.3) is 0 Å². The predicted molar refractivity (Wildman–Crippen MR) is 121 cm³/mol. The lowest BCUT2D eigenvalue weighted by atomic mass is 10.1. The summed E-state index contributed by atoms with van der Waals surface area (Å²) in [6.45, 7) is 3.57. The van der Waals surface area contributed by atoms with E-state index in [0.29, 0.717) is 43.5 Å². The average Bonchev–Trinajstić information content (AvgIpc) is 3.57. The number of benzene rings is 1. The molecule has 2 amide bonds. The van der Waals surface area contributed by atoms with E-state index in [1.54, 1.807) is 16.9 Å². The van der Waals surface area contributed by atoms with Crippen LogP contribution in [0.2, 0.25) is 0 Å². The molecule has 1 aromatic heterocycles. The SMILES string of the molecule is COCCN(CC(=O)N(Cc1ccc2c(c1)OCO2)Cc1ccc(C)o1)C(=O)C1CCCC1. The van der Waals surface area contributed by atoms with E-state index in [9.17, 15) is 9.59 Å². The number of methoxy groups -OCH3 is 1. The number of ether oxygens (including phenoxy) is 3. The fraction of sp³-hybridized carbons (Fsp3) is 0.520. The molecule has 2 aliphatic rings. The fourth-order valence-corrected chi connectivity index (χ4v) is 4.41. The first-order valence-corrected chi connectivity index (χ1v) is 11.5. The summed E-state index contributed by atoms with van der Waals surface area (Å²) >= 11 is 0. The van der Waals surface area contributed by atoms with Crippen LogP contribution in [0.4, 0.5) is 0 Å². The van der Waals surface area contributed by atoms with Gasteiger partial charge in [0.2, 0.25) is 18.6 Å². The summed E-state index contributed by atoms with van der Waals surface area (Å²) in [7, 11) is 1.60. The maximum Gasteiger partial charge on any atom is 0.242 e. The first-order chi connectivity index (χ1) is 16.0. The highest BCUT2D eigenvalue weighted by atomic mass is 16.7. The Morgan fingerprint density at radius 1 is 1.03 bits per heavy atom. The van der Waals surface area contributed by atoms with Gasteiger partial charge in [0, 0.05) is 26.1 Å². The van der Waals surface area contributed by atoms with Crippen molar-refractivity contribution >= 4 is 11.8 Å². The molecule has 33 heavy (non-hydrogen) atoms. The third-order valence-corrected chi connectivity index (χ3v) is 6.21. The molecule has 1 saturated carbocycles. The number of nitrogens with zero attached hydrogens (tertiary/aromatic N) is 2. The summed E-state index contributed by atoms with van der Waals surface area (Å²) in [4.78, 5) is 30.0. The zero-order chi connectivity index (χ0) is 23.2. The van der Waals surface area contributed by atoms with E-state index in [4.69, 9.17) is 18.6 Å². The molecule has 4 rings (SSSR count). The van der Waals surface area contributed by atoms with Crippen molar-refractivity contribution in [3.05, 3.63) is 47.4 Å². The van der Waals surface area contributed by atoms with Gasteiger partial charge in [-0.15, -0.1) is 0 Å². The van der Waals surface area contributed by atoms with Crippen LogP contribution in [0.3, 0.4) is 0 Å². The fourth-order valence-electron chi connectivity index (χ4n) is 4.41. The van der Waals surface area contributed by atoms with Crippen LogP contribution in [0, 0.1) is 12.8 Å². The smallest absolute Gasteiger partial charge is 0.242 e. The summed E-state index contributed by atoms with van der Waals surface area (Å²) in [5.74, 6) is 2.78. The van der Waals surface area contributed by atoms with Gasteiger partial charge in [0.05, 0.1) is 19.7 Å². The lowest BCUT2D eigenvalue weighted by Crippen LogP contribution is -2.45. The zero-order valence-electron chi connectivity index (χ0n) is 19.4. The van der Waals surface area contributed by atoms with Crippen molar-refractivity contribution < 1.29 is 28.2 Å². The first kappa shape index (κ1) is 23.2. The van der Waals surface area contributed by atoms with Gasteiger partial charge in [-0.1, -0.05) is 18.9 Å². The Morgan fingerprint density at radius 2 is 1.82 bits per heavy atom. The van der Waals surface area contributed by atoms with Crippen molar-refractivity contribution in [2.75, 3.05) is 33.6 Å². The summed E-state index contributed by atoms with van der Waals surface area (Å²) in [5.41, 5.74) is 0.918. The molecule has 1 aliphatic heterocycles. The van der Waals surface area contributed by atoms with Crippen molar-refractivity contribution in [3.63, 3.8) is 0 Å². The third kappa shape index (κ3) is 5.87. The van der Waals surface area contributed by atoms with E-state index < -0.39 is 0 Å². The molecule has 2 heterocycles. The number of aryl methyl sites for hydroxylation is 1. The molecule has 1 aliphatic carbocycles.